The fraction of sp³-hybridized carbons (Fsp3) is 0.533. The maximum absolute atomic E-state index is 11.1. The van der Waals surface area contributed by atoms with Crippen LogP contribution in [0, 0.1) is 0 Å². The van der Waals surface area contributed by atoms with Crippen LogP contribution in [-0.4, -0.2) is 36.2 Å². The fourth-order valence-corrected chi connectivity index (χ4v) is 2.76. The number of likely N-dealkylation sites (N-methyl/N-ethyl adjacent to an activating group) is 1. The van der Waals surface area contributed by atoms with E-state index in [9.17, 15) is 4.79 Å². The van der Waals surface area contributed by atoms with Crippen LogP contribution in [0.4, 0.5) is 0 Å². The van der Waals surface area contributed by atoms with Crippen molar-refractivity contribution in [3.63, 3.8) is 0 Å². The SMILES string of the molecule is COc1ccc2c(c1)CCCC2N(C)C(C)C(=O)O. The molecule has 2 rings (SSSR count). The molecule has 0 amide bonds. The number of rotatable bonds is 4. The second kappa shape index (κ2) is 5.61. The first kappa shape index (κ1) is 13.9. The third-order valence-electron chi connectivity index (χ3n) is 4.09. The van der Waals surface area contributed by atoms with Crippen LogP contribution in [0.2, 0.25) is 0 Å². The van der Waals surface area contributed by atoms with Gasteiger partial charge in [0.1, 0.15) is 11.8 Å². The quantitative estimate of drug-likeness (QED) is 0.906. The second-order valence-corrected chi connectivity index (χ2v) is 5.15. The van der Waals surface area contributed by atoms with Gasteiger partial charge in [0.15, 0.2) is 0 Å². The van der Waals surface area contributed by atoms with E-state index in [1.165, 1.54) is 11.1 Å². The van der Waals surface area contributed by atoms with Gasteiger partial charge in [0.2, 0.25) is 0 Å². The highest BCUT2D eigenvalue weighted by Gasteiger charge is 2.29. The molecule has 0 spiro atoms. The topological polar surface area (TPSA) is 49.8 Å². The molecule has 0 bridgehead atoms. The lowest BCUT2D eigenvalue weighted by molar-refractivity contribution is -0.143. The fourth-order valence-electron chi connectivity index (χ4n) is 2.76. The maximum atomic E-state index is 11.1. The van der Waals surface area contributed by atoms with Crippen molar-refractivity contribution >= 4 is 5.97 Å². The van der Waals surface area contributed by atoms with E-state index in [1.54, 1.807) is 14.0 Å². The van der Waals surface area contributed by atoms with E-state index in [4.69, 9.17) is 9.84 Å². The lowest BCUT2D eigenvalue weighted by atomic mass is 9.86. The molecule has 0 saturated carbocycles. The molecule has 4 nitrogen and oxygen atoms in total. The van der Waals surface area contributed by atoms with Gasteiger partial charge in [-0.3, -0.25) is 9.69 Å². The zero-order chi connectivity index (χ0) is 14.0. The van der Waals surface area contributed by atoms with E-state index in [0.29, 0.717) is 0 Å². The number of benzene rings is 1. The summed E-state index contributed by atoms with van der Waals surface area (Å²) in [6.07, 6.45) is 3.13. The van der Waals surface area contributed by atoms with E-state index in [2.05, 4.69) is 12.1 Å². The lowest BCUT2D eigenvalue weighted by Gasteiger charge is -2.35. The third-order valence-corrected chi connectivity index (χ3v) is 4.09. The normalized spacial score (nSPS) is 19.9. The number of carboxylic acids is 1. The molecule has 19 heavy (non-hydrogen) atoms. The van der Waals surface area contributed by atoms with Crippen molar-refractivity contribution in [2.75, 3.05) is 14.2 Å². The molecule has 0 radical (unpaired) electrons. The number of methoxy groups -OCH3 is 1. The monoisotopic (exact) mass is 263 g/mol. The average Bonchev–Trinajstić information content (AvgIpc) is 2.44. The highest BCUT2D eigenvalue weighted by molar-refractivity contribution is 5.73. The van der Waals surface area contributed by atoms with E-state index in [1.807, 2.05) is 18.0 Å². The molecule has 0 heterocycles. The second-order valence-electron chi connectivity index (χ2n) is 5.15. The van der Waals surface area contributed by atoms with Gasteiger partial charge in [-0.05, 0) is 56.5 Å². The number of ether oxygens (including phenoxy) is 1. The molecular formula is C15H21NO3. The summed E-state index contributed by atoms with van der Waals surface area (Å²) >= 11 is 0. The Morgan fingerprint density at radius 2 is 2.26 bits per heavy atom. The molecule has 1 aromatic carbocycles. The van der Waals surface area contributed by atoms with Gasteiger partial charge >= 0.3 is 5.97 Å². The van der Waals surface area contributed by atoms with Crippen LogP contribution < -0.4 is 4.74 Å². The molecule has 104 valence electrons. The molecule has 1 N–H and O–H groups in total. The summed E-state index contributed by atoms with van der Waals surface area (Å²) in [5.74, 6) is 0.0940. The van der Waals surface area contributed by atoms with Gasteiger partial charge in [-0.2, -0.15) is 0 Å². The zero-order valence-corrected chi connectivity index (χ0v) is 11.7. The van der Waals surface area contributed by atoms with Gasteiger partial charge in [-0.15, -0.1) is 0 Å². The van der Waals surface area contributed by atoms with Gasteiger partial charge in [-0.25, -0.2) is 0 Å². The Morgan fingerprint density at radius 3 is 2.89 bits per heavy atom. The van der Waals surface area contributed by atoms with Crippen molar-refractivity contribution in [1.29, 1.82) is 0 Å². The smallest absolute Gasteiger partial charge is 0.320 e. The summed E-state index contributed by atoms with van der Waals surface area (Å²) in [5, 5.41) is 9.15. The first-order valence-electron chi connectivity index (χ1n) is 6.66. The van der Waals surface area contributed by atoms with Crippen LogP contribution in [0.25, 0.3) is 0 Å². The number of fused-ring (bicyclic) bond motifs is 1. The van der Waals surface area contributed by atoms with Crippen LogP contribution in [0.5, 0.6) is 5.75 Å². The highest BCUT2D eigenvalue weighted by Crippen LogP contribution is 2.36. The Bertz CT molecular complexity index is 472. The summed E-state index contributed by atoms with van der Waals surface area (Å²) in [5.41, 5.74) is 2.52. The summed E-state index contributed by atoms with van der Waals surface area (Å²) in [7, 11) is 3.56. The van der Waals surface area contributed by atoms with Crippen molar-refractivity contribution in [1.82, 2.24) is 4.90 Å². The molecule has 0 aromatic heterocycles. The van der Waals surface area contributed by atoms with Crippen LogP contribution in [-0.2, 0) is 11.2 Å². The first-order chi connectivity index (χ1) is 9.04. The van der Waals surface area contributed by atoms with Crippen molar-refractivity contribution in [3.8, 4) is 5.75 Å². The number of aliphatic carboxylic acids is 1. The van der Waals surface area contributed by atoms with Gasteiger partial charge in [0.05, 0.1) is 7.11 Å². The number of aryl methyl sites for hydroxylation is 1. The van der Waals surface area contributed by atoms with Crippen molar-refractivity contribution in [2.45, 2.75) is 38.3 Å². The molecule has 1 aromatic rings. The Kier molecular flexibility index (Phi) is 4.10. The first-order valence-corrected chi connectivity index (χ1v) is 6.66. The Hall–Kier alpha value is -1.55. The molecule has 0 fully saturated rings. The molecule has 1 aliphatic carbocycles. The number of hydrogen-bond donors (Lipinski definition) is 1. The average molecular weight is 263 g/mol. The summed E-state index contributed by atoms with van der Waals surface area (Å²) in [4.78, 5) is 13.1. The van der Waals surface area contributed by atoms with Crippen LogP contribution >= 0.6 is 0 Å². The highest BCUT2D eigenvalue weighted by atomic mass is 16.5. The van der Waals surface area contributed by atoms with Gasteiger partial charge in [0.25, 0.3) is 0 Å². The Labute approximate surface area is 114 Å². The summed E-state index contributed by atoms with van der Waals surface area (Å²) < 4.78 is 5.25. The molecule has 2 unspecified atom stereocenters. The van der Waals surface area contributed by atoms with Crippen molar-refractivity contribution in [3.05, 3.63) is 29.3 Å². The molecule has 4 heteroatoms. The molecular weight excluding hydrogens is 242 g/mol. The number of carboxylic acid groups (broad SMARTS) is 1. The lowest BCUT2D eigenvalue weighted by Crippen LogP contribution is -2.39. The predicted octanol–water partition coefficient (Wildman–Crippen LogP) is 2.48. The Morgan fingerprint density at radius 1 is 1.53 bits per heavy atom. The largest absolute Gasteiger partial charge is 0.497 e. The van der Waals surface area contributed by atoms with Crippen LogP contribution in [0.3, 0.4) is 0 Å². The molecule has 2 atom stereocenters. The van der Waals surface area contributed by atoms with Crippen molar-refractivity contribution < 1.29 is 14.6 Å². The van der Waals surface area contributed by atoms with Crippen LogP contribution in [0.15, 0.2) is 18.2 Å². The van der Waals surface area contributed by atoms with Gasteiger partial charge < -0.3 is 9.84 Å². The standard InChI is InChI=1S/C15H21NO3/c1-10(15(17)18)16(2)14-6-4-5-11-9-12(19-3)7-8-13(11)14/h7-10,14H,4-6H2,1-3H3,(H,17,18). The van der Waals surface area contributed by atoms with E-state index in [-0.39, 0.29) is 6.04 Å². The van der Waals surface area contributed by atoms with Crippen molar-refractivity contribution in [2.24, 2.45) is 0 Å². The number of nitrogens with zero attached hydrogens (tertiary/aromatic N) is 1. The van der Waals surface area contributed by atoms with Gasteiger partial charge in [0, 0.05) is 6.04 Å². The van der Waals surface area contributed by atoms with E-state index in [0.717, 1.165) is 25.0 Å². The number of hydrogen-bond acceptors (Lipinski definition) is 3. The molecule has 0 aliphatic heterocycles. The minimum atomic E-state index is -0.775. The third kappa shape index (κ3) is 2.73. The minimum absolute atomic E-state index is 0.181. The zero-order valence-electron chi connectivity index (χ0n) is 11.7. The van der Waals surface area contributed by atoms with Gasteiger partial charge in [-0.1, -0.05) is 6.07 Å². The number of carbonyl (C=O) groups is 1. The summed E-state index contributed by atoms with van der Waals surface area (Å²) in [6.45, 7) is 1.74. The Balaban J connectivity index is 2.29. The maximum Gasteiger partial charge on any atom is 0.320 e. The molecule has 1 aliphatic rings. The molecule has 0 saturated heterocycles. The van der Waals surface area contributed by atoms with Crippen LogP contribution in [0.1, 0.15) is 36.9 Å². The summed E-state index contributed by atoms with van der Waals surface area (Å²) in [6, 6.07) is 5.80. The predicted molar refractivity (Wildman–Crippen MR) is 73.5 cm³/mol. The minimum Gasteiger partial charge on any atom is -0.497 e. The van der Waals surface area contributed by atoms with E-state index < -0.39 is 12.0 Å². The van der Waals surface area contributed by atoms with E-state index >= 15 is 0 Å².